The topological polar surface area (TPSA) is 55.1 Å². The van der Waals surface area contributed by atoms with Gasteiger partial charge in [0.25, 0.3) is 5.91 Å². The highest BCUT2D eigenvalue weighted by Gasteiger charge is 2.19. The van der Waals surface area contributed by atoms with Crippen LogP contribution in [0, 0.1) is 29.1 Å². The number of rotatable bonds is 2. The van der Waals surface area contributed by atoms with Crippen LogP contribution in [0.2, 0.25) is 0 Å². The first-order valence-electron chi connectivity index (χ1n) is 5.50. The number of hydrogen-bond donors (Lipinski definition) is 2. The zero-order chi connectivity index (χ0) is 15.7. The molecule has 0 heterocycles. The summed E-state index contributed by atoms with van der Waals surface area (Å²) in [5.74, 6) is -8.36. The van der Waals surface area contributed by atoms with E-state index < -0.39 is 51.9 Å². The number of amides is 1. The first-order valence-corrected chi connectivity index (χ1v) is 5.50. The van der Waals surface area contributed by atoms with E-state index in [4.69, 9.17) is 5.73 Å². The van der Waals surface area contributed by atoms with Crippen molar-refractivity contribution in [3.05, 3.63) is 58.9 Å². The Hall–Kier alpha value is -2.64. The van der Waals surface area contributed by atoms with Crippen LogP contribution < -0.4 is 11.1 Å². The molecular weight excluding hydrogens is 295 g/mol. The van der Waals surface area contributed by atoms with Crippen LogP contribution in [0.15, 0.2) is 24.3 Å². The second-order valence-corrected chi connectivity index (χ2v) is 4.03. The van der Waals surface area contributed by atoms with Crippen molar-refractivity contribution in [2.45, 2.75) is 0 Å². The molecule has 0 radical (unpaired) electrons. The highest BCUT2D eigenvalue weighted by molar-refractivity contribution is 6.05. The molecule has 0 aliphatic rings. The van der Waals surface area contributed by atoms with Crippen LogP contribution in [0.5, 0.6) is 0 Å². The molecule has 8 heteroatoms. The maximum absolute atomic E-state index is 13.4. The minimum atomic E-state index is -1.79. The Morgan fingerprint density at radius 3 is 2.24 bits per heavy atom. The zero-order valence-electron chi connectivity index (χ0n) is 10.2. The summed E-state index contributed by atoms with van der Waals surface area (Å²) in [6.07, 6.45) is 0. The Bertz CT molecular complexity index is 733. The van der Waals surface area contributed by atoms with Crippen molar-refractivity contribution in [3.63, 3.8) is 0 Å². The molecule has 0 aliphatic heterocycles. The van der Waals surface area contributed by atoms with E-state index in [1.54, 1.807) is 0 Å². The number of anilines is 2. The molecule has 0 atom stereocenters. The number of halogens is 5. The first-order chi connectivity index (χ1) is 9.81. The van der Waals surface area contributed by atoms with Gasteiger partial charge in [0.2, 0.25) is 0 Å². The maximum atomic E-state index is 13.4. The highest BCUT2D eigenvalue weighted by atomic mass is 19.2. The van der Waals surface area contributed by atoms with Gasteiger partial charge in [0.15, 0.2) is 17.5 Å². The number of carbonyl (C=O) groups excluding carboxylic acids is 1. The smallest absolute Gasteiger partial charge is 0.258 e. The quantitative estimate of drug-likeness (QED) is 0.508. The van der Waals surface area contributed by atoms with Gasteiger partial charge in [0, 0.05) is 6.07 Å². The molecule has 0 unspecified atom stereocenters. The van der Waals surface area contributed by atoms with Gasteiger partial charge in [-0.1, -0.05) is 0 Å². The number of carbonyl (C=O) groups is 1. The van der Waals surface area contributed by atoms with Gasteiger partial charge >= 0.3 is 0 Å². The highest BCUT2D eigenvalue weighted by Crippen LogP contribution is 2.22. The summed E-state index contributed by atoms with van der Waals surface area (Å²) >= 11 is 0. The van der Waals surface area contributed by atoms with Crippen molar-refractivity contribution in [3.8, 4) is 0 Å². The van der Waals surface area contributed by atoms with Crippen molar-refractivity contribution < 1.29 is 26.7 Å². The predicted octanol–water partition coefficient (Wildman–Crippen LogP) is 3.22. The Balaban J connectivity index is 2.35. The summed E-state index contributed by atoms with van der Waals surface area (Å²) in [5, 5.41) is 1.84. The van der Waals surface area contributed by atoms with E-state index >= 15 is 0 Å². The SMILES string of the molecule is Nc1cc(C(=O)Nc2ccc(F)c(F)c2F)c(F)cc1F. The number of hydrogen-bond acceptors (Lipinski definition) is 2. The molecule has 3 nitrogen and oxygen atoms in total. The second-order valence-electron chi connectivity index (χ2n) is 4.03. The minimum Gasteiger partial charge on any atom is -0.396 e. The third-order valence-electron chi connectivity index (χ3n) is 2.61. The van der Waals surface area contributed by atoms with Crippen molar-refractivity contribution in [1.82, 2.24) is 0 Å². The minimum absolute atomic E-state index is 0.381. The lowest BCUT2D eigenvalue weighted by atomic mass is 10.1. The van der Waals surface area contributed by atoms with Gasteiger partial charge in [-0.05, 0) is 18.2 Å². The Kier molecular flexibility index (Phi) is 3.79. The molecule has 2 aromatic rings. The summed E-state index contributed by atoms with van der Waals surface area (Å²) in [6.45, 7) is 0. The third-order valence-corrected chi connectivity index (χ3v) is 2.61. The summed E-state index contributed by atoms with van der Waals surface area (Å²) in [6, 6.07) is 2.43. The molecule has 0 saturated heterocycles. The molecule has 110 valence electrons. The Labute approximate surface area is 115 Å². The average Bonchev–Trinajstić information content (AvgIpc) is 2.43. The third kappa shape index (κ3) is 2.78. The Morgan fingerprint density at radius 1 is 0.905 bits per heavy atom. The largest absolute Gasteiger partial charge is 0.396 e. The van der Waals surface area contributed by atoms with Crippen molar-refractivity contribution >= 4 is 17.3 Å². The normalized spacial score (nSPS) is 10.5. The molecule has 0 bridgehead atoms. The maximum Gasteiger partial charge on any atom is 0.258 e. The first kappa shape index (κ1) is 14.8. The van der Waals surface area contributed by atoms with E-state index in [-0.39, 0.29) is 0 Å². The summed E-state index contributed by atoms with van der Waals surface area (Å²) < 4.78 is 65.5. The molecule has 21 heavy (non-hydrogen) atoms. The van der Waals surface area contributed by atoms with E-state index in [9.17, 15) is 26.7 Å². The van der Waals surface area contributed by atoms with Crippen LogP contribution in [0.1, 0.15) is 10.4 Å². The number of nitrogens with one attached hydrogen (secondary N) is 1. The van der Waals surface area contributed by atoms with Gasteiger partial charge in [-0.15, -0.1) is 0 Å². The van der Waals surface area contributed by atoms with Gasteiger partial charge in [0.1, 0.15) is 11.6 Å². The predicted molar refractivity (Wildman–Crippen MR) is 65.0 cm³/mol. The van der Waals surface area contributed by atoms with Gasteiger partial charge < -0.3 is 11.1 Å². The van der Waals surface area contributed by atoms with Gasteiger partial charge in [-0.3, -0.25) is 4.79 Å². The average molecular weight is 302 g/mol. The monoisotopic (exact) mass is 302 g/mol. The number of nitrogen functional groups attached to an aromatic ring is 1. The number of benzene rings is 2. The van der Waals surface area contributed by atoms with Crippen molar-refractivity contribution in [2.24, 2.45) is 0 Å². The lowest BCUT2D eigenvalue weighted by Crippen LogP contribution is -2.16. The molecular formula is C13H7F5N2O. The zero-order valence-corrected chi connectivity index (χ0v) is 10.2. The molecule has 0 aromatic heterocycles. The van der Waals surface area contributed by atoms with E-state index in [1.165, 1.54) is 0 Å². The fourth-order valence-corrected chi connectivity index (χ4v) is 1.55. The Morgan fingerprint density at radius 2 is 1.57 bits per heavy atom. The second kappa shape index (κ2) is 5.39. The molecule has 1 amide bonds. The van der Waals surface area contributed by atoms with Crippen LogP contribution in [-0.2, 0) is 0 Å². The molecule has 0 aliphatic carbocycles. The summed E-state index contributed by atoms with van der Waals surface area (Å²) in [4.78, 5) is 11.7. The van der Waals surface area contributed by atoms with Crippen molar-refractivity contribution in [1.29, 1.82) is 0 Å². The van der Waals surface area contributed by atoms with E-state index in [1.807, 2.05) is 5.32 Å². The van der Waals surface area contributed by atoms with Crippen molar-refractivity contribution in [2.75, 3.05) is 11.1 Å². The molecule has 0 saturated carbocycles. The van der Waals surface area contributed by atoms with Crippen LogP contribution >= 0.6 is 0 Å². The van der Waals surface area contributed by atoms with Crippen LogP contribution in [0.25, 0.3) is 0 Å². The van der Waals surface area contributed by atoms with Crippen LogP contribution in [0.3, 0.4) is 0 Å². The fraction of sp³-hybridized carbons (Fsp3) is 0. The van der Waals surface area contributed by atoms with Crippen LogP contribution in [0.4, 0.5) is 33.3 Å². The molecule has 0 fully saturated rings. The van der Waals surface area contributed by atoms with Gasteiger partial charge in [-0.2, -0.15) is 0 Å². The van der Waals surface area contributed by atoms with Gasteiger partial charge in [-0.25, -0.2) is 22.0 Å². The van der Waals surface area contributed by atoms with E-state index in [2.05, 4.69) is 0 Å². The molecule has 0 spiro atoms. The standard InChI is InChI=1S/C13H7F5N2O/c14-6-1-2-10(12(18)11(6)17)20-13(21)5-3-9(19)8(16)4-7(5)15/h1-4H,19H2,(H,20,21). The van der Waals surface area contributed by atoms with Crippen LogP contribution in [-0.4, -0.2) is 5.91 Å². The molecule has 2 rings (SSSR count). The summed E-state index contributed by atoms with van der Waals surface area (Å²) in [5.41, 5.74) is 3.33. The lowest BCUT2D eigenvalue weighted by Gasteiger charge is -2.09. The van der Waals surface area contributed by atoms with Gasteiger partial charge in [0.05, 0.1) is 16.9 Å². The summed E-state index contributed by atoms with van der Waals surface area (Å²) in [7, 11) is 0. The molecule has 3 N–H and O–H groups in total. The molecule has 2 aromatic carbocycles. The van der Waals surface area contributed by atoms with E-state index in [0.29, 0.717) is 18.2 Å². The fourth-order valence-electron chi connectivity index (χ4n) is 1.55. The van der Waals surface area contributed by atoms with E-state index in [0.717, 1.165) is 6.07 Å². The number of nitrogens with two attached hydrogens (primary N) is 1. The lowest BCUT2D eigenvalue weighted by molar-refractivity contribution is 0.102.